The van der Waals surface area contributed by atoms with Crippen LogP contribution in [0.15, 0.2) is 67.0 Å². The van der Waals surface area contributed by atoms with Gasteiger partial charge in [0.25, 0.3) is 17.5 Å². The average Bonchev–Trinajstić information content (AvgIpc) is 3.19. The van der Waals surface area contributed by atoms with Gasteiger partial charge in [0.05, 0.1) is 11.5 Å². The summed E-state index contributed by atoms with van der Waals surface area (Å²) in [5.41, 5.74) is 6.01. The van der Waals surface area contributed by atoms with E-state index in [-0.39, 0.29) is 11.3 Å². The Morgan fingerprint density at radius 3 is 2.00 bits per heavy atom. The van der Waals surface area contributed by atoms with Gasteiger partial charge in [-0.2, -0.15) is 5.10 Å². The number of hydrogen-bond donors (Lipinski definition) is 2. The monoisotopic (exact) mass is 365 g/mol. The molecule has 0 atom stereocenters. The second kappa shape index (κ2) is 7.91. The van der Waals surface area contributed by atoms with Crippen molar-refractivity contribution in [1.29, 1.82) is 0 Å². The molecular formula is C18H15N5O4. The van der Waals surface area contributed by atoms with Crippen LogP contribution < -0.4 is 10.9 Å². The van der Waals surface area contributed by atoms with E-state index in [0.717, 1.165) is 5.56 Å². The largest absolute Gasteiger partial charge is 0.269 e. The van der Waals surface area contributed by atoms with Crippen LogP contribution in [0.4, 0.5) is 5.69 Å². The molecule has 1 aromatic heterocycles. The normalized spacial score (nSPS) is 10.2. The number of aromatic nitrogens is 2. The molecule has 0 aliphatic heterocycles. The van der Waals surface area contributed by atoms with E-state index in [1.807, 2.05) is 12.3 Å². The summed E-state index contributed by atoms with van der Waals surface area (Å²) in [5.74, 6) is -1.05. The van der Waals surface area contributed by atoms with Crippen molar-refractivity contribution in [2.75, 3.05) is 0 Å². The summed E-state index contributed by atoms with van der Waals surface area (Å²) >= 11 is 0. The van der Waals surface area contributed by atoms with Gasteiger partial charge in [-0.25, -0.2) is 0 Å². The third-order valence-corrected chi connectivity index (χ3v) is 3.75. The second-order valence-corrected chi connectivity index (χ2v) is 5.61. The molecule has 0 aliphatic carbocycles. The predicted molar refractivity (Wildman–Crippen MR) is 95.8 cm³/mol. The Morgan fingerprint density at radius 1 is 0.963 bits per heavy atom. The predicted octanol–water partition coefficient (Wildman–Crippen LogP) is 1.91. The first-order valence-corrected chi connectivity index (χ1v) is 7.94. The molecule has 27 heavy (non-hydrogen) atoms. The molecule has 0 fully saturated rings. The molecule has 0 bridgehead atoms. The van der Waals surface area contributed by atoms with Crippen LogP contribution >= 0.6 is 0 Å². The van der Waals surface area contributed by atoms with Gasteiger partial charge < -0.3 is 0 Å². The van der Waals surface area contributed by atoms with Crippen LogP contribution in [0.1, 0.15) is 26.3 Å². The number of benzene rings is 2. The number of carbonyl (C=O) groups excluding carboxylic acids is 2. The zero-order valence-corrected chi connectivity index (χ0v) is 14.0. The Balaban J connectivity index is 1.55. The maximum absolute atomic E-state index is 12.1. The Labute approximate surface area is 153 Å². The van der Waals surface area contributed by atoms with E-state index in [2.05, 4.69) is 16.0 Å². The SMILES string of the molecule is O=C(NNC(=O)c1ccc([N+](=O)[O-])cc1)c1ccc(Cn2cccn2)cc1. The molecule has 3 aromatic rings. The Hall–Kier alpha value is -4.01. The van der Waals surface area contributed by atoms with E-state index < -0.39 is 16.7 Å². The van der Waals surface area contributed by atoms with Crippen molar-refractivity contribution >= 4 is 17.5 Å². The van der Waals surface area contributed by atoms with Crippen LogP contribution in [-0.2, 0) is 6.54 Å². The van der Waals surface area contributed by atoms with Gasteiger partial charge in [-0.05, 0) is 35.9 Å². The smallest absolute Gasteiger partial charge is 0.268 e. The molecule has 2 N–H and O–H groups in total. The lowest BCUT2D eigenvalue weighted by molar-refractivity contribution is -0.384. The molecule has 0 saturated heterocycles. The van der Waals surface area contributed by atoms with Crippen LogP contribution in [0.2, 0.25) is 0 Å². The fourth-order valence-electron chi connectivity index (χ4n) is 2.33. The number of hydrogen-bond acceptors (Lipinski definition) is 5. The highest BCUT2D eigenvalue weighted by molar-refractivity contribution is 5.99. The van der Waals surface area contributed by atoms with E-state index in [9.17, 15) is 19.7 Å². The summed E-state index contributed by atoms with van der Waals surface area (Å²) in [6.07, 6.45) is 3.53. The lowest BCUT2D eigenvalue weighted by atomic mass is 10.1. The van der Waals surface area contributed by atoms with Gasteiger partial charge in [0.15, 0.2) is 0 Å². The Morgan fingerprint density at radius 2 is 1.52 bits per heavy atom. The van der Waals surface area contributed by atoms with Crippen LogP contribution in [-0.4, -0.2) is 26.5 Å². The molecule has 0 aliphatic rings. The van der Waals surface area contributed by atoms with Gasteiger partial charge in [-0.3, -0.25) is 35.2 Å². The topological polar surface area (TPSA) is 119 Å². The summed E-state index contributed by atoms with van der Waals surface area (Å²) in [6.45, 7) is 0.589. The minimum absolute atomic E-state index is 0.120. The third kappa shape index (κ3) is 4.54. The molecule has 3 rings (SSSR count). The van der Waals surface area contributed by atoms with Crippen molar-refractivity contribution in [2.24, 2.45) is 0 Å². The fourth-order valence-corrected chi connectivity index (χ4v) is 2.33. The van der Waals surface area contributed by atoms with Crippen molar-refractivity contribution in [3.05, 3.63) is 93.8 Å². The number of nitrogens with one attached hydrogen (secondary N) is 2. The minimum Gasteiger partial charge on any atom is -0.268 e. The van der Waals surface area contributed by atoms with Crippen molar-refractivity contribution in [3.63, 3.8) is 0 Å². The van der Waals surface area contributed by atoms with Crippen LogP contribution in [0.3, 0.4) is 0 Å². The fraction of sp³-hybridized carbons (Fsp3) is 0.0556. The van der Waals surface area contributed by atoms with Crippen molar-refractivity contribution < 1.29 is 14.5 Å². The zero-order chi connectivity index (χ0) is 19.2. The number of nitro groups is 1. The Bertz CT molecular complexity index is 950. The number of carbonyl (C=O) groups is 2. The second-order valence-electron chi connectivity index (χ2n) is 5.61. The lowest BCUT2D eigenvalue weighted by Crippen LogP contribution is -2.41. The molecular weight excluding hydrogens is 350 g/mol. The maximum atomic E-state index is 12.1. The molecule has 0 spiro atoms. The molecule has 9 heteroatoms. The van der Waals surface area contributed by atoms with Crippen LogP contribution in [0, 0.1) is 10.1 Å². The number of rotatable bonds is 5. The molecule has 136 valence electrons. The first-order chi connectivity index (χ1) is 13.0. The van der Waals surface area contributed by atoms with E-state index in [4.69, 9.17) is 0 Å². The van der Waals surface area contributed by atoms with Gasteiger partial charge in [-0.1, -0.05) is 12.1 Å². The van der Waals surface area contributed by atoms with Crippen LogP contribution in [0.5, 0.6) is 0 Å². The van der Waals surface area contributed by atoms with E-state index in [1.54, 1.807) is 35.1 Å². The molecule has 0 radical (unpaired) electrons. The standard InChI is InChI=1S/C18H15N5O4/c24-17(14-4-2-13(3-5-14)12-22-11-1-10-19-22)20-21-18(25)15-6-8-16(9-7-15)23(26)27/h1-11H,12H2,(H,20,24)(H,21,25). The first kappa shape index (κ1) is 17.8. The molecule has 1 heterocycles. The van der Waals surface area contributed by atoms with E-state index >= 15 is 0 Å². The zero-order valence-electron chi connectivity index (χ0n) is 14.0. The average molecular weight is 365 g/mol. The van der Waals surface area contributed by atoms with Gasteiger partial charge in [0.1, 0.15) is 0 Å². The van der Waals surface area contributed by atoms with Crippen molar-refractivity contribution in [1.82, 2.24) is 20.6 Å². The number of nitrogens with zero attached hydrogens (tertiary/aromatic N) is 3. The molecule has 9 nitrogen and oxygen atoms in total. The third-order valence-electron chi connectivity index (χ3n) is 3.75. The molecule has 2 amide bonds. The quantitative estimate of drug-likeness (QED) is 0.529. The molecule has 0 unspecified atom stereocenters. The van der Waals surface area contributed by atoms with E-state index in [0.29, 0.717) is 12.1 Å². The summed E-state index contributed by atoms with van der Waals surface area (Å²) < 4.78 is 1.76. The number of nitro benzene ring substituents is 1. The highest BCUT2D eigenvalue weighted by Gasteiger charge is 2.11. The highest BCUT2D eigenvalue weighted by Crippen LogP contribution is 2.11. The number of amides is 2. The first-order valence-electron chi connectivity index (χ1n) is 7.94. The van der Waals surface area contributed by atoms with Crippen molar-refractivity contribution in [3.8, 4) is 0 Å². The summed E-state index contributed by atoms with van der Waals surface area (Å²) in [7, 11) is 0. The van der Waals surface area contributed by atoms with Gasteiger partial charge in [-0.15, -0.1) is 0 Å². The number of hydrazine groups is 1. The highest BCUT2D eigenvalue weighted by atomic mass is 16.6. The minimum atomic E-state index is -0.575. The van der Waals surface area contributed by atoms with Gasteiger partial charge in [0, 0.05) is 35.7 Å². The maximum Gasteiger partial charge on any atom is 0.269 e. The summed E-state index contributed by atoms with van der Waals surface area (Å²) in [6, 6.07) is 13.8. The summed E-state index contributed by atoms with van der Waals surface area (Å²) in [4.78, 5) is 34.2. The lowest BCUT2D eigenvalue weighted by Gasteiger charge is -2.08. The van der Waals surface area contributed by atoms with E-state index in [1.165, 1.54) is 24.3 Å². The van der Waals surface area contributed by atoms with Crippen LogP contribution in [0.25, 0.3) is 0 Å². The van der Waals surface area contributed by atoms with Gasteiger partial charge in [0.2, 0.25) is 0 Å². The van der Waals surface area contributed by atoms with Crippen molar-refractivity contribution in [2.45, 2.75) is 6.54 Å². The number of non-ortho nitro benzene ring substituents is 1. The molecule has 0 saturated carbocycles. The Kier molecular flexibility index (Phi) is 5.22. The summed E-state index contributed by atoms with van der Waals surface area (Å²) in [5, 5.41) is 14.7. The van der Waals surface area contributed by atoms with Gasteiger partial charge >= 0.3 is 0 Å². The molecule has 2 aromatic carbocycles.